The van der Waals surface area contributed by atoms with Gasteiger partial charge in [0.2, 0.25) is 0 Å². The van der Waals surface area contributed by atoms with Gasteiger partial charge in [-0.3, -0.25) is 9.80 Å². The molecule has 16 heteroatoms. The first-order valence-electron chi connectivity index (χ1n) is 20.9. The monoisotopic (exact) mass is 830 g/mol. The summed E-state index contributed by atoms with van der Waals surface area (Å²) in [6, 6.07) is 8.10. The van der Waals surface area contributed by atoms with Gasteiger partial charge in [0.1, 0.15) is 23.7 Å². The Morgan fingerprint density at radius 1 is 1.00 bits per heavy atom. The third-order valence-corrected chi connectivity index (χ3v) is 12.9. The summed E-state index contributed by atoms with van der Waals surface area (Å²) in [4.78, 5) is 44.8. The van der Waals surface area contributed by atoms with Crippen molar-refractivity contribution in [2.24, 2.45) is 17.3 Å². The molecule has 2 amide bonds. The van der Waals surface area contributed by atoms with Crippen LogP contribution in [0.3, 0.4) is 0 Å². The fraction of sp³-hybridized carbons (Fsp3) is 0.545. The van der Waals surface area contributed by atoms with Gasteiger partial charge in [0, 0.05) is 47.3 Å². The maximum absolute atomic E-state index is 15.9. The molecule has 7 rings (SSSR count). The van der Waals surface area contributed by atoms with E-state index in [0.717, 1.165) is 42.9 Å². The van der Waals surface area contributed by atoms with Gasteiger partial charge in [-0.05, 0) is 82.2 Å². The number of fused-ring (bicyclic) bond motifs is 2. The van der Waals surface area contributed by atoms with Gasteiger partial charge in [-0.15, -0.1) is 0 Å². The molecule has 0 bridgehead atoms. The van der Waals surface area contributed by atoms with E-state index < -0.39 is 35.2 Å². The molecule has 1 saturated carbocycles. The lowest BCUT2D eigenvalue weighted by atomic mass is 9.88. The number of nitrogens with zero attached hydrogens (tertiary/aromatic N) is 4. The maximum Gasteiger partial charge on any atom is 0.407 e. The number of methoxy groups -OCH3 is 2. The number of aromatic nitrogens is 4. The van der Waals surface area contributed by atoms with Gasteiger partial charge in [-0.1, -0.05) is 34.6 Å². The van der Waals surface area contributed by atoms with Crippen molar-refractivity contribution >= 4 is 12.2 Å². The third-order valence-electron chi connectivity index (χ3n) is 12.9. The van der Waals surface area contributed by atoms with Crippen LogP contribution in [0, 0.1) is 23.1 Å². The Labute approximate surface area is 350 Å². The van der Waals surface area contributed by atoms with Gasteiger partial charge in [0.25, 0.3) is 0 Å². The van der Waals surface area contributed by atoms with Crippen LogP contribution in [0.2, 0.25) is 0 Å². The lowest BCUT2D eigenvalue weighted by Crippen LogP contribution is -2.56. The normalized spacial score (nSPS) is 22.4. The van der Waals surface area contributed by atoms with E-state index in [1.54, 1.807) is 18.5 Å². The minimum absolute atomic E-state index is 0.0283. The van der Waals surface area contributed by atoms with Gasteiger partial charge in [0.15, 0.2) is 23.0 Å². The number of hydrogen-bond donors (Lipinski definition) is 5. The van der Waals surface area contributed by atoms with Gasteiger partial charge >= 0.3 is 12.2 Å². The number of aliphatic hydroxyl groups is 1. The van der Waals surface area contributed by atoms with Crippen molar-refractivity contribution < 1.29 is 38.0 Å². The van der Waals surface area contributed by atoms with Crippen LogP contribution in [0.15, 0.2) is 42.7 Å². The standard InChI is InChI=1S/C44H59FN8O7/c1-10-15-52(40(54)44(25(4)5)20-36(44)50-41(55)57-8)23-37-46-21-30(48-37)27-12-13-32-33(17-27)60-35-19-29(45)28(18-34(35)59-32)31-22-47-39(49-31)43(7)14-11-16-53(43)26(6)38(24(2)3)51-42(56)58-9/h12-13,17-19,21-22,24-26,36,38,40,54H,10-11,14-16,20,23H2,1-9H3,(H,46,48)(H,47,49)(H,50,55)(H,51,56). The molecule has 4 heterocycles. The number of carbonyl (C=O) groups excluding carboxylic acids is 2. The van der Waals surface area contributed by atoms with Crippen molar-refractivity contribution in [3.05, 3.63) is 60.2 Å². The molecule has 324 valence electrons. The highest BCUT2D eigenvalue weighted by atomic mass is 19.1. The Morgan fingerprint density at radius 2 is 1.70 bits per heavy atom. The summed E-state index contributed by atoms with van der Waals surface area (Å²) in [6.07, 6.45) is 4.86. The number of benzene rings is 2. The highest BCUT2D eigenvalue weighted by Gasteiger charge is 2.63. The Morgan fingerprint density at radius 3 is 2.40 bits per heavy atom. The number of likely N-dealkylation sites (tertiary alicyclic amines) is 1. The number of H-pyrrole nitrogens is 2. The number of carbonyl (C=O) groups is 2. The second-order valence-electron chi connectivity index (χ2n) is 17.3. The van der Waals surface area contributed by atoms with Gasteiger partial charge in [-0.25, -0.2) is 23.9 Å². The molecule has 1 saturated heterocycles. The Balaban J connectivity index is 1.05. The highest BCUT2D eigenvalue weighted by molar-refractivity contribution is 5.70. The maximum atomic E-state index is 15.9. The number of ether oxygens (including phenoxy) is 4. The van der Waals surface area contributed by atoms with Crippen LogP contribution in [0.1, 0.15) is 85.8 Å². The van der Waals surface area contributed by atoms with Crippen LogP contribution >= 0.6 is 0 Å². The summed E-state index contributed by atoms with van der Waals surface area (Å²) in [5.74, 6) is 2.68. The van der Waals surface area contributed by atoms with Crippen molar-refractivity contribution in [1.29, 1.82) is 0 Å². The van der Waals surface area contributed by atoms with E-state index in [2.05, 4.69) is 79.0 Å². The van der Waals surface area contributed by atoms with Crippen molar-refractivity contribution in [3.63, 3.8) is 0 Å². The second kappa shape index (κ2) is 17.1. The molecule has 2 aromatic carbocycles. The molecule has 1 aliphatic carbocycles. The zero-order chi connectivity index (χ0) is 43.1. The smallest absolute Gasteiger partial charge is 0.407 e. The van der Waals surface area contributed by atoms with E-state index in [0.29, 0.717) is 53.8 Å². The Hall–Kier alpha value is -5.19. The molecule has 15 nitrogen and oxygen atoms in total. The molecule has 4 aromatic rings. The van der Waals surface area contributed by atoms with E-state index in [1.165, 1.54) is 20.3 Å². The van der Waals surface area contributed by atoms with Crippen LogP contribution in [-0.2, 0) is 21.6 Å². The number of hydrogen-bond acceptors (Lipinski definition) is 11. The molecule has 2 fully saturated rings. The minimum Gasteiger partial charge on any atom is -0.453 e. The molecule has 0 spiro atoms. The van der Waals surface area contributed by atoms with Gasteiger partial charge in [-0.2, -0.15) is 0 Å². The number of rotatable bonds is 15. The third kappa shape index (κ3) is 8.04. The number of amides is 2. The number of imidazole rings is 2. The second-order valence-corrected chi connectivity index (χ2v) is 17.3. The molecular formula is C44H59FN8O7. The van der Waals surface area contributed by atoms with Crippen LogP contribution in [-0.4, -0.2) is 98.7 Å². The average molecular weight is 831 g/mol. The zero-order valence-electron chi connectivity index (χ0n) is 36.0. The minimum atomic E-state index is -0.811. The van der Waals surface area contributed by atoms with Gasteiger partial charge in [0.05, 0.1) is 50.1 Å². The summed E-state index contributed by atoms with van der Waals surface area (Å²) in [6.45, 7) is 16.4. The summed E-state index contributed by atoms with van der Waals surface area (Å²) in [7, 11) is 2.70. The molecule has 60 heavy (non-hydrogen) atoms. The van der Waals surface area contributed by atoms with Crippen molar-refractivity contribution in [2.75, 3.05) is 27.3 Å². The molecular weight excluding hydrogens is 772 g/mol. The first-order valence-corrected chi connectivity index (χ1v) is 20.9. The Bertz CT molecular complexity index is 2190. The molecule has 2 aromatic heterocycles. The zero-order valence-corrected chi connectivity index (χ0v) is 36.0. The van der Waals surface area contributed by atoms with Crippen LogP contribution in [0.4, 0.5) is 14.0 Å². The molecule has 0 radical (unpaired) electrons. The molecule has 6 atom stereocenters. The van der Waals surface area contributed by atoms with E-state index in [-0.39, 0.29) is 35.7 Å². The van der Waals surface area contributed by atoms with Crippen LogP contribution in [0.5, 0.6) is 23.0 Å². The Kier molecular flexibility index (Phi) is 12.2. The lowest BCUT2D eigenvalue weighted by molar-refractivity contribution is -0.0759. The molecule has 2 aliphatic heterocycles. The fourth-order valence-corrected chi connectivity index (χ4v) is 9.43. The van der Waals surface area contributed by atoms with E-state index >= 15 is 4.39 Å². The van der Waals surface area contributed by atoms with E-state index in [1.807, 2.05) is 23.1 Å². The van der Waals surface area contributed by atoms with E-state index in [9.17, 15) is 14.7 Å². The van der Waals surface area contributed by atoms with Crippen LogP contribution < -0.4 is 20.1 Å². The van der Waals surface area contributed by atoms with Crippen LogP contribution in [0.25, 0.3) is 22.5 Å². The SMILES string of the molecule is CCCN(Cc1ncc(-c2ccc3c(c2)Oc2cc(F)c(-c4cnc(C5(C)CCCN5C(C)C(NC(=O)OC)C(C)C)[nH]4)cc2O3)[nH]1)C(O)C1(C(C)C)CC1NC(=O)OC. The van der Waals surface area contributed by atoms with Crippen molar-refractivity contribution in [3.8, 4) is 45.5 Å². The summed E-state index contributed by atoms with van der Waals surface area (Å²) < 4.78 is 38.2. The number of aromatic amines is 2. The van der Waals surface area contributed by atoms with E-state index in [4.69, 9.17) is 23.9 Å². The largest absolute Gasteiger partial charge is 0.453 e. The number of alkyl carbamates (subject to hydrolysis) is 2. The van der Waals surface area contributed by atoms with Gasteiger partial charge < -0.3 is 44.7 Å². The topological polar surface area (TPSA) is 179 Å². The summed E-state index contributed by atoms with van der Waals surface area (Å²) in [5.41, 5.74) is 1.35. The predicted octanol–water partition coefficient (Wildman–Crippen LogP) is 7.89. The summed E-state index contributed by atoms with van der Waals surface area (Å²) in [5, 5.41) is 17.6. The van der Waals surface area contributed by atoms with Crippen molar-refractivity contribution in [2.45, 2.75) is 111 Å². The molecule has 3 aliphatic rings. The summed E-state index contributed by atoms with van der Waals surface area (Å²) >= 11 is 0. The number of aliphatic hydroxyl groups excluding tert-OH is 1. The number of nitrogens with one attached hydrogen (secondary N) is 4. The first kappa shape index (κ1) is 42.9. The molecule has 5 N–H and O–H groups in total. The average Bonchev–Trinajstić information content (AvgIpc) is 3.60. The molecule has 6 unspecified atom stereocenters. The highest BCUT2D eigenvalue weighted by Crippen LogP contribution is 2.56. The first-order chi connectivity index (χ1) is 28.6. The lowest BCUT2D eigenvalue weighted by Gasteiger charge is -2.42. The fourth-order valence-electron chi connectivity index (χ4n) is 9.43. The quantitative estimate of drug-likeness (QED) is 0.0648. The predicted molar refractivity (Wildman–Crippen MR) is 223 cm³/mol. The number of halogens is 1. The van der Waals surface area contributed by atoms with Crippen molar-refractivity contribution in [1.82, 2.24) is 40.4 Å².